The average Bonchev–Trinajstić information content (AvgIpc) is 3.69. The Balaban J connectivity index is 1.02. The molecule has 0 aliphatic heterocycles. The highest BCUT2D eigenvalue weighted by Gasteiger charge is 2.19. The van der Waals surface area contributed by atoms with Crippen LogP contribution in [-0.2, 0) is 0 Å². The van der Waals surface area contributed by atoms with Gasteiger partial charge in [-0.1, -0.05) is 182 Å². The maximum Gasteiger partial charge on any atom is 0.160 e. The molecule has 0 unspecified atom stereocenters. The zero-order valence-electron chi connectivity index (χ0n) is 30.8. The summed E-state index contributed by atoms with van der Waals surface area (Å²) in [7, 11) is 0. The van der Waals surface area contributed by atoms with Crippen LogP contribution in [0.15, 0.2) is 205 Å². The third-order valence-corrected chi connectivity index (χ3v) is 10.9. The maximum absolute atomic E-state index is 6.98. The molecule has 0 amide bonds. The van der Waals surface area contributed by atoms with Crippen molar-refractivity contribution in [3.8, 4) is 67.4 Å². The van der Waals surface area contributed by atoms with Gasteiger partial charge in [-0.15, -0.1) is 0 Å². The lowest BCUT2D eigenvalue weighted by molar-refractivity contribution is 0.674. The van der Waals surface area contributed by atoms with E-state index in [9.17, 15) is 0 Å². The quantitative estimate of drug-likeness (QED) is 0.160. The number of furan rings is 1. The van der Waals surface area contributed by atoms with Gasteiger partial charge in [0.05, 0.1) is 22.6 Å². The summed E-state index contributed by atoms with van der Waals surface area (Å²) in [6.07, 6.45) is 0. The number of nitrogens with zero attached hydrogens (tertiary/aromatic N) is 3. The number of hydrogen-bond donors (Lipinski definition) is 0. The third kappa shape index (κ3) is 5.74. The van der Waals surface area contributed by atoms with E-state index in [4.69, 9.17) is 19.4 Å². The summed E-state index contributed by atoms with van der Waals surface area (Å²) >= 11 is 0. The topological polar surface area (TPSA) is 51.8 Å². The van der Waals surface area contributed by atoms with Crippen LogP contribution in [0.25, 0.3) is 111 Å². The van der Waals surface area contributed by atoms with Crippen LogP contribution < -0.4 is 0 Å². The van der Waals surface area contributed by atoms with Gasteiger partial charge >= 0.3 is 0 Å². The predicted molar refractivity (Wildman–Crippen MR) is 235 cm³/mol. The first-order chi connectivity index (χ1) is 28.2. The van der Waals surface area contributed by atoms with E-state index in [2.05, 4.69) is 164 Å². The van der Waals surface area contributed by atoms with Crippen molar-refractivity contribution >= 4 is 43.6 Å². The van der Waals surface area contributed by atoms with E-state index in [1.807, 2.05) is 36.4 Å². The summed E-state index contributed by atoms with van der Waals surface area (Å²) in [5.41, 5.74) is 13.9. The summed E-state index contributed by atoms with van der Waals surface area (Å²) in [6.45, 7) is 0. The van der Waals surface area contributed by atoms with E-state index in [0.717, 1.165) is 94.1 Å². The number of rotatable bonds is 6. The van der Waals surface area contributed by atoms with Crippen molar-refractivity contribution in [3.05, 3.63) is 200 Å². The Hall–Kier alpha value is -7.69. The van der Waals surface area contributed by atoms with Crippen molar-refractivity contribution in [2.24, 2.45) is 0 Å². The summed E-state index contributed by atoms with van der Waals surface area (Å²) in [5.74, 6) is 0.691. The van der Waals surface area contributed by atoms with Crippen molar-refractivity contribution in [1.29, 1.82) is 0 Å². The normalized spacial score (nSPS) is 11.5. The van der Waals surface area contributed by atoms with Crippen LogP contribution in [0.5, 0.6) is 0 Å². The Labute approximate surface area is 329 Å². The molecular formula is C53H33N3O. The summed E-state index contributed by atoms with van der Waals surface area (Å²) < 4.78 is 6.98. The number of pyridine rings is 1. The molecule has 3 aromatic heterocycles. The predicted octanol–water partition coefficient (Wildman–Crippen LogP) is 14.1. The number of aromatic nitrogens is 3. The van der Waals surface area contributed by atoms with Gasteiger partial charge in [0, 0.05) is 54.7 Å². The first-order valence-corrected chi connectivity index (χ1v) is 19.2. The molecule has 57 heavy (non-hydrogen) atoms. The number of fused-ring (bicyclic) bond motifs is 7. The second-order valence-corrected chi connectivity index (χ2v) is 14.3. The lowest BCUT2D eigenvalue weighted by atomic mass is 9.97. The Kier molecular flexibility index (Phi) is 7.78. The molecule has 0 aliphatic carbocycles. The molecule has 0 aliphatic rings. The van der Waals surface area contributed by atoms with Crippen LogP contribution in [0.2, 0.25) is 0 Å². The first-order valence-electron chi connectivity index (χ1n) is 19.2. The molecule has 0 saturated heterocycles. The minimum absolute atomic E-state index is 0.691. The Morgan fingerprint density at radius 1 is 0.316 bits per heavy atom. The molecule has 0 radical (unpaired) electrons. The molecule has 0 bridgehead atoms. The molecule has 0 spiro atoms. The van der Waals surface area contributed by atoms with Crippen LogP contribution in [0.1, 0.15) is 0 Å². The zero-order chi connectivity index (χ0) is 37.7. The van der Waals surface area contributed by atoms with E-state index in [0.29, 0.717) is 5.82 Å². The van der Waals surface area contributed by atoms with E-state index in [1.54, 1.807) is 0 Å². The molecule has 0 atom stereocenters. The van der Waals surface area contributed by atoms with Crippen LogP contribution >= 0.6 is 0 Å². The third-order valence-electron chi connectivity index (χ3n) is 10.9. The van der Waals surface area contributed by atoms with Gasteiger partial charge in [-0.05, 0) is 34.9 Å². The molecule has 8 aromatic carbocycles. The van der Waals surface area contributed by atoms with Gasteiger partial charge in [-0.25, -0.2) is 15.0 Å². The molecule has 0 fully saturated rings. The highest BCUT2D eigenvalue weighted by molar-refractivity contribution is 6.25. The maximum atomic E-state index is 6.98. The van der Waals surface area contributed by atoms with Crippen LogP contribution in [0.4, 0.5) is 0 Å². The molecule has 3 heterocycles. The van der Waals surface area contributed by atoms with Crippen molar-refractivity contribution in [2.45, 2.75) is 0 Å². The van der Waals surface area contributed by atoms with E-state index >= 15 is 0 Å². The number of benzene rings is 8. The molecule has 11 rings (SSSR count). The van der Waals surface area contributed by atoms with Crippen LogP contribution in [-0.4, -0.2) is 15.0 Å². The van der Waals surface area contributed by atoms with Crippen molar-refractivity contribution in [2.75, 3.05) is 0 Å². The number of para-hydroxylation sites is 2. The zero-order valence-corrected chi connectivity index (χ0v) is 30.8. The lowest BCUT2D eigenvalue weighted by Gasteiger charge is -2.11. The van der Waals surface area contributed by atoms with Crippen LogP contribution in [0.3, 0.4) is 0 Å². The second kappa shape index (κ2) is 13.6. The largest absolute Gasteiger partial charge is 0.455 e. The summed E-state index contributed by atoms with van der Waals surface area (Å²) in [4.78, 5) is 15.3. The second-order valence-electron chi connectivity index (χ2n) is 14.3. The SMILES string of the molecule is c1ccc(-c2ccc(-c3cc(-c4ccc(-c5cccc6c5oc5c6ccc6c(-c7ccccc7)nc7ccccc7c65)cc4)nc(-c4ccccc4)n3)cc2)cc1. The van der Waals surface area contributed by atoms with Gasteiger partial charge in [-0.3, -0.25) is 0 Å². The monoisotopic (exact) mass is 727 g/mol. The molecule has 4 heteroatoms. The highest BCUT2D eigenvalue weighted by Crippen LogP contribution is 2.43. The Morgan fingerprint density at radius 2 is 0.825 bits per heavy atom. The van der Waals surface area contributed by atoms with Crippen LogP contribution in [0, 0.1) is 0 Å². The van der Waals surface area contributed by atoms with Gasteiger partial charge in [0.25, 0.3) is 0 Å². The summed E-state index contributed by atoms with van der Waals surface area (Å²) in [6, 6.07) is 69.5. The number of hydrogen-bond acceptors (Lipinski definition) is 4. The minimum atomic E-state index is 0.691. The molecule has 0 saturated carbocycles. The van der Waals surface area contributed by atoms with Crippen molar-refractivity contribution in [3.63, 3.8) is 0 Å². The molecule has 0 N–H and O–H groups in total. The standard InChI is InChI=1S/C53H33N3O/c1-4-13-34(14-5-1)35-23-27-37(28-24-35)47-33-48(56-53(55-47)40-17-8-3-9-18-40)38-29-25-36(26-30-38)41-20-12-21-42-43-31-32-45-49(52(43)57-51(41)42)44-19-10-11-22-46(44)54-50(45)39-15-6-2-7-16-39/h1-33H. The molecule has 11 aromatic rings. The molecular weight excluding hydrogens is 695 g/mol. The fourth-order valence-electron chi connectivity index (χ4n) is 8.08. The van der Waals surface area contributed by atoms with Crippen molar-refractivity contribution < 1.29 is 4.42 Å². The lowest BCUT2D eigenvalue weighted by Crippen LogP contribution is -1.96. The van der Waals surface area contributed by atoms with Gasteiger partial charge < -0.3 is 4.42 Å². The van der Waals surface area contributed by atoms with Crippen molar-refractivity contribution in [1.82, 2.24) is 15.0 Å². The Morgan fingerprint density at radius 3 is 1.51 bits per heavy atom. The molecule has 4 nitrogen and oxygen atoms in total. The van der Waals surface area contributed by atoms with E-state index in [-0.39, 0.29) is 0 Å². The average molecular weight is 728 g/mol. The van der Waals surface area contributed by atoms with Gasteiger partial charge in [0.15, 0.2) is 5.82 Å². The fourth-order valence-corrected chi connectivity index (χ4v) is 8.08. The first kappa shape index (κ1) is 32.7. The van der Waals surface area contributed by atoms with Gasteiger partial charge in [0.2, 0.25) is 0 Å². The van der Waals surface area contributed by atoms with Gasteiger partial charge in [0.1, 0.15) is 11.2 Å². The van der Waals surface area contributed by atoms with E-state index in [1.165, 1.54) is 11.1 Å². The smallest absolute Gasteiger partial charge is 0.160 e. The molecule has 266 valence electrons. The van der Waals surface area contributed by atoms with E-state index < -0.39 is 0 Å². The minimum Gasteiger partial charge on any atom is -0.455 e. The summed E-state index contributed by atoms with van der Waals surface area (Å²) in [5, 5.41) is 5.41. The highest BCUT2D eigenvalue weighted by atomic mass is 16.3. The van der Waals surface area contributed by atoms with Gasteiger partial charge in [-0.2, -0.15) is 0 Å². The Bertz CT molecular complexity index is 3250. The fraction of sp³-hybridized carbons (Fsp3) is 0.